The van der Waals surface area contributed by atoms with Crippen LogP contribution in [0.15, 0.2) is 53.4 Å². The Morgan fingerprint density at radius 2 is 1.67 bits per heavy atom. The summed E-state index contributed by atoms with van der Waals surface area (Å²) >= 11 is 0. The number of nitrogens with one attached hydrogen (secondary N) is 1. The van der Waals surface area contributed by atoms with Crippen molar-refractivity contribution in [3.05, 3.63) is 59.7 Å². The Hall–Kier alpha value is -2.38. The molecule has 1 saturated heterocycles. The van der Waals surface area contributed by atoms with Gasteiger partial charge in [-0.2, -0.15) is 4.31 Å². The van der Waals surface area contributed by atoms with Crippen LogP contribution in [0.5, 0.6) is 5.75 Å². The van der Waals surface area contributed by atoms with Gasteiger partial charge in [-0.05, 0) is 61.7 Å². The number of amides is 1. The molecule has 27 heavy (non-hydrogen) atoms. The van der Waals surface area contributed by atoms with E-state index >= 15 is 0 Å². The number of carbonyl (C=O) groups excluding carboxylic acids is 1. The third-order valence-corrected chi connectivity index (χ3v) is 6.42. The van der Waals surface area contributed by atoms with Crippen LogP contribution in [0.25, 0.3) is 0 Å². The third-order valence-electron chi connectivity index (χ3n) is 4.51. The van der Waals surface area contributed by atoms with Crippen LogP contribution >= 0.6 is 0 Å². The minimum Gasteiger partial charge on any atom is -0.494 e. The van der Waals surface area contributed by atoms with Gasteiger partial charge < -0.3 is 10.1 Å². The van der Waals surface area contributed by atoms with E-state index in [2.05, 4.69) is 5.32 Å². The molecule has 1 N–H and O–H groups in total. The summed E-state index contributed by atoms with van der Waals surface area (Å²) in [6.45, 7) is 4.05. The fourth-order valence-corrected chi connectivity index (χ4v) is 4.53. The van der Waals surface area contributed by atoms with E-state index in [4.69, 9.17) is 4.74 Å². The van der Waals surface area contributed by atoms with E-state index in [1.807, 2.05) is 31.2 Å². The predicted molar refractivity (Wildman–Crippen MR) is 103 cm³/mol. The summed E-state index contributed by atoms with van der Waals surface area (Å²) in [5.74, 6) is 0.552. The van der Waals surface area contributed by atoms with E-state index in [1.54, 1.807) is 12.1 Å². The van der Waals surface area contributed by atoms with E-state index < -0.39 is 10.0 Å². The number of hydrogen-bond acceptors (Lipinski definition) is 4. The molecule has 0 aliphatic carbocycles. The molecule has 1 aliphatic heterocycles. The highest BCUT2D eigenvalue weighted by Crippen LogP contribution is 2.21. The smallest absolute Gasteiger partial charge is 0.251 e. The molecular formula is C20H24N2O4S. The molecule has 2 aromatic carbocycles. The zero-order valence-corrected chi connectivity index (χ0v) is 16.2. The van der Waals surface area contributed by atoms with Gasteiger partial charge in [0, 0.05) is 25.2 Å². The fraction of sp³-hybridized carbons (Fsp3) is 0.350. The summed E-state index contributed by atoms with van der Waals surface area (Å²) in [4.78, 5) is 12.5. The Balaban J connectivity index is 1.60. The lowest BCUT2D eigenvalue weighted by Crippen LogP contribution is -2.28. The molecule has 3 rings (SSSR count). The topological polar surface area (TPSA) is 75.7 Å². The van der Waals surface area contributed by atoms with Gasteiger partial charge in [-0.1, -0.05) is 12.1 Å². The number of hydrogen-bond donors (Lipinski definition) is 1. The molecular weight excluding hydrogens is 364 g/mol. The highest BCUT2D eigenvalue weighted by Gasteiger charge is 2.27. The molecule has 0 bridgehead atoms. The standard InChI is InChI=1S/C20H24N2O4S/c1-2-26-18-9-5-16(6-10-18)15-21-20(23)17-7-11-19(12-8-17)27(24,25)22-13-3-4-14-22/h5-12H,2-4,13-15H2,1H3,(H,21,23). The second-order valence-electron chi connectivity index (χ2n) is 6.40. The van der Waals surface area contributed by atoms with Gasteiger partial charge in [0.15, 0.2) is 0 Å². The van der Waals surface area contributed by atoms with Crippen LogP contribution < -0.4 is 10.1 Å². The van der Waals surface area contributed by atoms with Crippen LogP contribution in [0.4, 0.5) is 0 Å². The monoisotopic (exact) mass is 388 g/mol. The number of rotatable bonds is 7. The third kappa shape index (κ3) is 4.67. The largest absolute Gasteiger partial charge is 0.494 e. The Kier molecular flexibility index (Phi) is 6.13. The molecule has 1 amide bonds. The van der Waals surface area contributed by atoms with Gasteiger partial charge in [0.05, 0.1) is 11.5 Å². The summed E-state index contributed by atoms with van der Waals surface area (Å²) in [6.07, 6.45) is 1.79. The first-order chi connectivity index (χ1) is 13.0. The lowest BCUT2D eigenvalue weighted by atomic mass is 10.2. The lowest BCUT2D eigenvalue weighted by molar-refractivity contribution is 0.0951. The van der Waals surface area contributed by atoms with Crippen molar-refractivity contribution in [3.8, 4) is 5.75 Å². The Morgan fingerprint density at radius 3 is 2.26 bits per heavy atom. The van der Waals surface area contributed by atoms with Gasteiger partial charge in [-0.3, -0.25) is 4.79 Å². The molecule has 1 fully saturated rings. The molecule has 7 heteroatoms. The van der Waals surface area contributed by atoms with E-state index in [-0.39, 0.29) is 10.8 Å². The minimum absolute atomic E-state index is 0.229. The molecule has 0 atom stereocenters. The van der Waals surface area contributed by atoms with Gasteiger partial charge >= 0.3 is 0 Å². The molecule has 6 nitrogen and oxygen atoms in total. The SMILES string of the molecule is CCOc1ccc(CNC(=O)c2ccc(S(=O)(=O)N3CCCC3)cc2)cc1. The molecule has 0 saturated carbocycles. The summed E-state index contributed by atoms with van der Waals surface area (Å²) in [6, 6.07) is 13.6. The minimum atomic E-state index is -3.46. The first-order valence-electron chi connectivity index (χ1n) is 9.11. The molecule has 0 aromatic heterocycles. The average Bonchev–Trinajstić information content (AvgIpc) is 3.23. The van der Waals surface area contributed by atoms with Crippen molar-refractivity contribution in [2.24, 2.45) is 0 Å². The van der Waals surface area contributed by atoms with Gasteiger partial charge in [0.1, 0.15) is 5.75 Å². The normalized spacial score (nSPS) is 14.9. The van der Waals surface area contributed by atoms with E-state index in [0.717, 1.165) is 24.2 Å². The molecule has 1 aliphatic rings. The maximum absolute atomic E-state index is 12.5. The van der Waals surface area contributed by atoms with E-state index in [0.29, 0.717) is 31.8 Å². The maximum atomic E-state index is 12.5. The van der Waals surface area contributed by atoms with Crippen molar-refractivity contribution in [2.45, 2.75) is 31.2 Å². The van der Waals surface area contributed by atoms with Crippen molar-refractivity contribution in [1.29, 1.82) is 0 Å². The molecule has 0 spiro atoms. The number of benzene rings is 2. The van der Waals surface area contributed by atoms with Crippen molar-refractivity contribution in [3.63, 3.8) is 0 Å². The van der Waals surface area contributed by atoms with Gasteiger partial charge in [0.2, 0.25) is 10.0 Å². The van der Waals surface area contributed by atoms with Gasteiger partial charge in [-0.15, -0.1) is 0 Å². The summed E-state index contributed by atoms with van der Waals surface area (Å²) in [5, 5.41) is 2.84. The summed E-state index contributed by atoms with van der Waals surface area (Å²) in [7, 11) is -3.46. The second-order valence-corrected chi connectivity index (χ2v) is 8.33. The Bertz CT molecular complexity index is 871. The molecule has 144 valence electrons. The van der Waals surface area contributed by atoms with Crippen molar-refractivity contribution in [2.75, 3.05) is 19.7 Å². The highest BCUT2D eigenvalue weighted by molar-refractivity contribution is 7.89. The predicted octanol–water partition coefficient (Wildman–Crippen LogP) is 2.80. The number of sulfonamides is 1. The number of ether oxygens (including phenoxy) is 1. The first kappa shape index (κ1) is 19.4. The molecule has 0 unspecified atom stereocenters. The van der Waals surface area contributed by atoms with Gasteiger partial charge in [-0.25, -0.2) is 8.42 Å². The zero-order valence-electron chi connectivity index (χ0n) is 15.3. The zero-order chi connectivity index (χ0) is 19.3. The lowest BCUT2D eigenvalue weighted by Gasteiger charge is -2.15. The van der Waals surface area contributed by atoms with E-state index in [9.17, 15) is 13.2 Å². The van der Waals surface area contributed by atoms with Crippen molar-refractivity contribution in [1.82, 2.24) is 9.62 Å². The van der Waals surface area contributed by atoms with Crippen LogP contribution in [0.1, 0.15) is 35.7 Å². The van der Waals surface area contributed by atoms with Crippen LogP contribution in [0.3, 0.4) is 0 Å². The van der Waals surface area contributed by atoms with E-state index in [1.165, 1.54) is 16.4 Å². The summed E-state index contributed by atoms with van der Waals surface area (Å²) < 4.78 is 31.9. The molecule has 2 aromatic rings. The van der Waals surface area contributed by atoms with Crippen LogP contribution in [-0.2, 0) is 16.6 Å². The van der Waals surface area contributed by atoms with Gasteiger partial charge in [0.25, 0.3) is 5.91 Å². The maximum Gasteiger partial charge on any atom is 0.251 e. The average molecular weight is 388 g/mol. The fourth-order valence-electron chi connectivity index (χ4n) is 3.01. The first-order valence-corrected chi connectivity index (χ1v) is 10.5. The molecule has 1 heterocycles. The van der Waals surface area contributed by atoms with Crippen LogP contribution in [0, 0.1) is 0 Å². The molecule has 0 radical (unpaired) electrons. The van der Waals surface area contributed by atoms with Crippen molar-refractivity contribution < 1.29 is 17.9 Å². The van der Waals surface area contributed by atoms with Crippen molar-refractivity contribution >= 4 is 15.9 Å². The Morgan fingerprint density at radius 1 is 1.04 bits per heavy atom. The second kappa shape index (κ2) is 8.54. The summed E-state index contributed by atoms with van der Waals surface area (Å²) in [5.41, 5.74) is 1.39. The quantitative estimate of drug-likeness (QED) is 0.791. The van der Waals surface area contributed by atoms with Crippen LogP contribution in [0.2, 0.25) is 0 Å². The highest BCUT2D eigenvalue weighted by atomic mass is 32.2. The van der Waals surface area contributed by atoms with Crippen LogP contribution in [-0.4, -0.2) is 38.3 Å². The Labute approximate surface area is 160 Å². The number of carbonyl (C=O) groups is 1. The number of nitrogens with zero attached hydrogens (tertiary/aromatic N) is 1.